The van der Waals surface area contributed by atoms with Crippen LogP contribution < -0.4 is 10.6 Å². The number of nitrogens with one attached hydrogen (secondary N) is 2. The predicted molar refractivity (Wildman–Crippen MR) is 88.3 cm³/mol. The zero-order chi connectivity index (χ0) is 14.0. The minimum absolute atomic E-state index is 0. The van der Waals surface area contributed by atoms with Gasteiger partial charge in [0.15, 0.2) is 0 Å². The Labute approximate surface area is 131 Å². The van der Waals surface area contributed by atoms with Crippen LogP contribution in [0.1, 0.15) is 22.9 Å². The number of hydrogen-bond donors (Lipinski definition) is 2. The van der Waals surface area contributed by atoms with Crippen LogP contribution in [-0.2, 0) is 4.79 Å². The van der Waals surface area contributed by atoms with Gasteiger partial charge >= 0.3 is 0 Å². The van der Waals surface area contributed by atoms with E-state index in [9.17, 15) is 4.79 Å². The Hall–Kier alpha value is -0.620. The summed E-state index contributed by atoms with van der Waals surface area (Å²) in [5.41, 5.74) is 2.49. The molecule has 1 saturated heterocycles. The van der Waals surface area contributed by atoms with Gasteiger partial charge in [0.25, 0.3) is 0 Å². The standard InChI is InChI=1S/C14H23N3OS.ClH/c1-9-7-15-5-6-17(9)8-13(18)16-14-11(3)10(2)12(4)19-14;/h9,15H,5-8H2,1-4H3,(H,16,18);1H/t9-;/m0./s1. The molecule has 6 heteroatoms. The van der Waals surface area contributed by atoms with Gasteiger partial charge in [-0.3, -0.25) is 9.69 Å². The number of amides is 1. The first kappa shape index (κ1) is 17.4. The second-order valence-electron chi connectivity index (χ2n) is 5.31. The molecule has 0 unspecified atom stereocenters. The molecular weight excluding hydrogens is 294 g/mol. The van der Waals surface area contributed by atoms with Crippen molar-refractivity contribution in [3.05, 3.63) is 16.0 Å². The average molecular weight is 318 g/mol. The van der Waals surface area contributed by atoms with Crippen LogP contribution in [0.25, 0.3) is 0 Å². The minimum Gasteiger partial charge on any atom is -0.316 e. The molecule has 0 aliphatic carbocycles. The van der Waals surface area contributed by atoms with Gasteiger partial charge in [-0.05, 0) is 38.8 Å². The van der Waals surface area contributed by atoms with Crippen LogP contribution in [0.3, 0.4) is 0 Å². The van der Waals surface area contributed by atoms with Crippen molar-refractivity contribution in [1.29, 1.82) is 0 Å². The fourth-order valence-electron chi connectivity index (χ4n) is 2.33. The summed E-state index contributed by atoms with van der Waals surface area (Å²) in [7, 11) is 0. The van der Waals surface area contributed by atoms with Crippen molar-refractivity contribution in [2.24, 2.45) is 0 Å². The highest BCUT2D eigenvalue weighted by molar-refractivity contribution is 7.16. The third-order valence-corrected chi connectivity index (χ3v) is 5.15. The number of carbonyl (C=O) groups is 1. The van der Waals surface area contributed by atoms with Crippen LogP contribution in [0.5, 0.6) is 0 Å². The van der Waals surface area contributed by atoms with E-state index in [0.29, 0.717) is 12.6 Å². The normalized spacial score (nSPS) is 19.5. The SMILES string of the molecule is Cc1sc(NC(=O)CN2CCNC[C@@H]2C)c(C)c1C.Cl. The van der Waals surface area contributed by atoms with Gasteiger partial charge in [-0.25, -0.2) is 0 Å². The monoisotopic (exact) mass is 317 g/mol. The summed E-state index contributed by atoms with van der Waals surface area (Å²) in [6.45, 7) is 11.8. The van der Waals surface area contributed by atoms with Crippen LogP contribution >= 0.6 is 23.7 Å². The van der Waals surface area contributed by atoms with Gasteiger partial charge in [0, 0.05) is 30.6 Å². The van der Waals surface area contributed by atoms with Gasteiger partial charge < -0.3 is 10.6 Å². The van der Waals surface area contributed by atoms with Crippen LogP contribution in [0.4, 0.5) is 5.00 Å². The van der Waals surface area contributed by atoms with Crippen molar-refractivity contribution in [3.63, 3.8) is 0 Å². The number of thiophene rings is 1. The number of halogens is 1. The molecular formula is C14H24ClN3OS. The predicted octanol–water partition coefficient (Wildman–Crippen LogP) is 2.33. The number of hydrogen-bond acceptors (Lipinski definition) is 4. The summed E-state index contributed by atoms with van der Waals surface area (Å²) in [5, 5.41) is 7.40. The topological polar surface area (TPSA) is 44.4 Å². The number of aryl methyl sites for hydroxylation is 1. The Kier molecular flexibility index (Phi) is 6.45. The minimum atomic E-state index is 0. The molecule has 2 heterocycles. The third kappa shape index (κ3) is 3.95. The maximum atomic E-state index is 12.1. The van der Waals surface area contributed by atoms with Crippen molar-refractivity contribution in [1.82, 2.24) is 10.2 Å². The van der Waals surface area contributed by atoms with Crippen LogP contribution in [-0.4, -0.2) is 43.0 Å². The van der Waals surface area contributed by atoms with Gasteiger partial charge in [-0.1, -0.05) is 0 Å². The van der Waals surface area contributed by atoms with Gasteiger partial charge in [-0.15, -0.1) is 23.7 Å². The van der Waals surface area contributed by atoms with Crippen LogP contribution in [0, 0.1) is 20.8 Å². The Morgan fingerprint density at radius 2 is 2.10 bits per heavy atom. The second-order valence-corrected chi connectivity index (χ2v) is 6.53. The highest BCUT2D eigenvalue weighted by atomic mass is 35.5. The first-order valence-corrected chi connectivity index (χ1v) is 7.62. The van der Waals surface area contributed by atoms with Crippen molar-refractivity contribution in [2.45, 2.75) is 33.7 Å². The Bertz CT molecular complexity index is 475. The van der Waals surface area contributed by atoms with E-state index < -0.39 is 0 Å². The van der Waals surface area contributed by atoms with E-state index in [0.717, 1.165) is 24.6 Å². The fraction of sp³-hybridized carbons (Fsp3) is 0.643. The van der Waals surface area contributed by atoms with Crippen LogP contribution in [0.15, 0.2) is 0 Å². The molecule has 114 valence electrons. The highest BCUT2D eigenvalue weighted by Gasteiger charge is 2.21. The fourth-order valence-corrected chi connectivity index (χ4v) is 3.41. The van der Waals surface area contributed by atoms with Crippen LogP contribution in [0.2, 0.25) is 0 Å². The number of carbonyl (C=O) groups excluding carboxylic acids is 1. The molecule has 0 spiro atoms. The molecule has 1 fully saturated rings. The van der Waals surface area contributed by atoms with Crippen molar-refractivity contribution in [2.75, 3.05) is 31.5 Å². The maximum Gasteiger partial charge on any atom is 0.239 e. The van der Waals surface area contributed by atoms with Gasteiger partial charge in [0.1, 0.15) is 0 Å². The highest BCUT2D eigenvalue weighted by Crippen LogP contribution is 2.31. The molecule has 4 nitrogen and oxygen atoms in total. The maximum absolute atomic E-state index is 12.1. The van der Waals surface area contributed by atoms with E-state index in [2.05, 4.69) is 43.2 Å². The van der Waals surface area contributed by atoms with Gasteiger partial charge in [-0.2, -0.15) is 0 Å². The molecule has 1 atom stereocenters. The van der Waals surface area contributed by atoms with E-state index in [1.54, 1.807) is 11.3 Å². The molecule has 0 saturated carbocycles. The van der Waals surface area contributed by atoms with Gasteiger partial charge in [0.05, 0.1) is 11.5 Å². The molecule has 0 aromatic carbocycles. The lowest BCUT2D eigenvalue weighted by Gasteiger charge is -2.33. The summed E-state index contributed by atoms with van der Waals surface area (Å²) < 4.78 is 0. The van der Waals surface area contributed by atoms with Crippen molar-refractivity contribution in [3.8, 4) is 0 Å². The molecule has 1 aliphatic rings. The largest absolute Gasteiger partial charge is 0.316 e. The molecule has 1 aromatic heterocycles. The molecule has 1 aromatic rings. The first-order valence-electron chi connectivity index (χ1n) is 6.80. The summed E-state index contributed by atoms with van der Waals surface area (Å²) in [6, 6.07) is 0.424. The lowest BCUT2D eigenvalue weighted by atomic mass is 10.2. The molecule has 2 N–H and O–H groups in total. The lowest BCUT2D eigenvalue weighted by molar-refractivity contribution is -0.118. The number of rotatable bonds is 3. The third-order valence-electron chi connectivity index (χ3n) is 3.92. The van der Waals surface area contributed by atoms with E-state index in [4.69, 9.17) is 0 Å². The lowest BCUT2D eigenvalue weighted by Crippen LogP contribution is -2.51. The molecule has 20 heavy (non-hydrogen) atoms. The quantitative estimate of drug-likeness (QED) is 0.899. The summed E-state index contributed by atoms with van der Waals surface area (Å²) >= 11 is 1.67. The number of anilines is 1. The summed E-state index contributed by atoms with van der Waals surface area (Å²) in [4.78, 5) is 15.6. The second kappa shape index (κ2) is 7.41. The zero-order valence-electron chi connectivity index (χ0n) is 12.6. The summed E-state index contributed by atoms with van der Waals surface area (Å²) in [6.07, 6.45) is 0. The summed E-state index contributed by atoms with van der Waals surface area (Å²) in [5.74, 6) is 0.0955. The molecule has 0 radical (unpaired) electrons. The zero-order valence-corrected chi connectivity index (χ0v) is 14.2. The smallest absolute Gasteiger partial charge is 0.239 e. The number of piperazine rings is 1. The Balaban J connectivity index is 0.00000200. The van der Waals surface area contributed by atoms with E-state index in [-0.39, 0.29) is 18.3 Å². The van der Waals surface area contributed by atoms with Crippen molar-refractivity contribution < 1.29 is 4.79 Å². The molecule has 1 amide bonds. The average Bonchev–Trinajstić information content (AvgIpc) is 2.60. The van der Waals surface area contributed by atoms with E-state index in [1.807, 2.05) is 0 Å². The van der Waals surface area contributed by atoms with E-state index in [1.165, 1.54) is 16.0 Å². The molecule has 0 bridgehead atoms. The number of nitrogens with zero attached hydrogens (tertiary/aromatic N) is 1. The first-order chi connectivity index (χ1) is 8.99. The van der Waals surface area contributed by atoms with E-state index >= 15 is 0 Å². The Morgan fingerprint density at radius 1 is 1.40 bits per heavy atom. The Morgan fingerprint density at radius 3 is 2.65 bits per heavy atom. The van der Waals surface area contributed by atoms with Gasteiger partial charge in [0.2, 0.25) is 5.91 Å². The molecule has 1 aliphatic heterocycles. The molecule has 2 rings (SSSR count). The van der Waals surface area contributed by atoms with Crippen molar-refractivity contribution >= 4 is 34.7 Å².